The third-order valence-electron chi connectivity index (χ3n) is 4.58. The van der Waals surface area contributed by atoms with Crippen molar-refractivity contribution >= 4 is 34.5 Å². The lowest BCUT2D eigenvalue weighted by atomic mass is 10.1. The molecule has 0 aliphatic carbocycles. The van der Waals surface area contributed by atoms with E-state index in [1.54, 1.807) is 17.0 Å². The summed E-state index contributed by atoms with van der Waals surface area (Å²) >= 11 is 1.52. The molecule has 0 bridgehead atoms. The van der Waals surface area contributed by atoms with Crippen LogP contribution in [0.5, 0.6) is 0 Å². The molecule has 2 aromatic carbocycles. The molecular formula is C20H18N2O4S. The van der Waals surface area contributed by atoms with Crippen molar-refractivity contribution in [2.45, 2.75) is 5.25 Å². The highest BCUT2D eigenvalue weighted by atomic mass is 32.2. The summed E-state index contributed by atoms with van der Waals surface area (Å²) in [6, 6.07) is 15.0. The van der Waals surface area contributed by atoms with E-state index in [1.807, 2.05) is 36.4 Å². The second-order valence-electron chi connectivity index (χ2n) is 6.24. The number of thioether (sulfide) groups is 1. The lowest BCUT2D eigenvalue weighted by Crippen LogP contribution is -2.44. The van der Waals surface area contributed by atoms with Crippen molar-refractivity contribution in [3.05, 3.63) is 54.1 Å². The van der Waals surface area contributed by atoms with Crippen LogP contribution in [0.15, 0.2) is 53.1 Å². The zero-order valence-electron chi connectivity index (χ0n) is 14.8. The van der Waals surface area contributed by atoms with Gasteiger partial charge in [0.1, 0.15) is 10.8 Å². The first kappa shape index (κ1) is 17.6. The Balaban J connectivity index is 1.64. The van der Waals surface area contributed by atoms with Crippen molar-refractivity contribution in [3.63, 3.8) is 0 Å². The van der Waals surface area contributed by atoms with Crippen LogP contribution in [0, 0.1) is 0 Å². The molecule has 7 heteroatoms. The third-order valence-corrected chi connectivity index (χ3v) is 5.74. The molecular weight excluding hydrogens is 364 g/mol. The Morgan fingerprint density at radius 1 is 1.22 bits per heavy atom. The van der Waals surface area contributed by atoms with Gasteiger partial charge >= 0.3 is 5.97 Å². The Bertz CT molecular complexity index is 986. The Morgan fingerprint density at radius 2 is 2.04 bits per heavy atom. The summed E-state index contributed by atoms with van der Waals surface area (Å²) in [6.45, 7) is 0.952. The lowest BCUT2D eigenvalue weighted by Gasteiger charge is -2.31. The summed E-state index contributed by atoms with van der Waals surface area (Å²) in [4.78, 5) is 26.5. The van der Waals surface area contributed by atoms with Gasteiger partial charge in [0, 0.05) is 30.0 Å². The van der Waals surface area contributed by atoms with Gasteiger partial charge in [-0.2, -0.15) is 0 Å². The first-order valence-corrected chi connectivity index (χ1v) is 9.66. The van der Waals surface area contributed by atoms with Crippen LogP contribution in [0.1, 0.15) is 10.4 Å². The average molecular weight is 382 g/mol. The van der Waals surface area contributed by atoms with Gasteiger partial charge in [-0.05, 0) is 18.2 Å². The molecule has 138 valence electrons. The summed E-state index contributed by atoms with van der Waals surface area (Å²) in [6.07, 6.45) is 0. The van der Waals surface area contributed by atoms with Crippen LogP contribution in [0.4, 0.5) is 0 Å². The van der Waals surface area contributed by atoms with Crippen LogP contribution in [0.25, 0.3) is 22.2 Å². The molecule has 1 saturated heterocycles. The van der Waals surface area contributed by atoms with Gasteiger partial charge in [0.25, 0.3) is 5.91 Å². The fourth-order valence-corrected chi connectivity index (χ4v) is 4.29. The van der Waals surface area contributed by atoms with Gasteiger partial charge in [0.05, 0.1) is 12.5 Å². The zero-order valence-corrected chi connectivity index (χ0v) is 15.6. The maximum atomic E-state index is 13.0. The zero-order chi connectivity index (χ0) is 18.8. The second kappa shape index (κ2) is 7.44. The SMILES string of the molecule is COC(=O)[C@H]1CN(C(=O)c2ccc3noc(-c4ccccc4)c3c2)CCS1. The van der Waals surface area contributed by atoms with Crippen molar-refractivity contribution in [3.8, 4) is 11.3 Å². The van der Waals surface area contributed by atoms with E-state index in [4.69, 9.17) is 9.26 Å². The van der Waals surface area contributed by atoms with Crippen LogP contribution in [-0.4, -0.2) is 53.1 Å². The van der Waals surface area contributed by atoms with Crippen molar-refractivity contribution in [1.82, 2.24) is 10.1 Å². The highest BCUT2D eigenvalue weighted by Gasteiger charge is 2.30. The summed E-state index contributed by atoms with van der Waals surface area (Å²) in [5.41, 5.74) is 2.16. The fourth-order valence-electron chi connectivity index (χ4n) is 3.16. The molecule has 1 aliphatic rings. The predicted molar refractivity (Wildman–Crippen MR) is 104 cm³/mol. The Hall–Kier alpha value is -2.80. The number of aromatic nitrogens is 1. The maximum Gasteiger partial charge on any atom is 0.320 e. The van der Waals surface area contributed by atoms with E-state index in [2.05, 4.69) is 5.16 Å². The first-order chi connectivity index (χ1) is 13.2. The summed E-state index contributed by atoms with van der Waals surface area (Å²) in [5.74, 6) is 0.947. The third kappa shape index (κ3) is 3.42. The molecule has 0 unspecified atom stereocenters. The minimum atomic E-state index is -0.341. The number of rotatable bonds is 3. The molecule has 1 aliphatic heterocycles. The smallest absolute Gasteiger partial charge is 0.320 e. The minimum Gasteiger partial charge on any atom is -0.468 e. The number of amides is 1. The van der Waals surface area contributed by atoms with Gasteiger partial charge < -0.3 is 14.2 Å². The van der Waals surface area contributed by atoms with Gasteiger partial charge in [0.15, 0.2) is 5.76 Å². The van der Waals surface area contributed by atoms with E-state index in [1.165, 1.54) is 18.9 Å². The molecule has 0 spiro atoms. The molecule has 3 aromatic rings. The molecule has 4 rings (SSSR count). The predicted octanol–water partition coefficient (Wildman–Crippen LogP) is 3.23. The number of hydrogen-bond acceptors (Lipinski definition) is 6. The number of esters is 1. The monoisotopic (exact) mass is 382 g/mol. The number of nitrogens with zero attached hydrogens (tertiary/aromatic N) is 2. The Morgan fingerprint density at radius 3 is 2.81 bits per heavy atom. The molecule has 0 N–H and O–H groups in total. The number of carbonyl (C=O) groups is 2. The summed E-state index contributed by atoms with van der Waals surface area (Å²) in [7, 11) is 1.37. The van der Waals surface area contributed by atoms with Crippen LogP contribution in [0.3, 0.4) is 0 Å². The number of fused-ring (bicyclic) bond motifs is 1. The molecule has 0 radical (unpaired) electrons. The molecule has 1 amide bonds. The van der Waals surface area contributed by atoms with Crippen LogP contribution in [-0.2, 0) is 9.53 Å². The van der Waals surface area contributed by atoms with Crippen LogP contribution in [0.2, 0.25) is 0 Å². The molecule has 1 aromatic heterocycles. The van der Waals surface area contributed by atoms with E-state index < -0.39 is 0 Å². The number of benzene rings is 2. The van der Waals surface area contributed by atoms with Crippen molar-refractivity contribution in [1.29, 1.82) is 0 Å². The largest absolute Gasteiger partial charge is 0.468 e. The van der Waals surface area contributed by atoms with Crippen molar-refractivity contribution < 1.29 is 18.8 Å². The standard InChI is InChI=1S/C20H18N2O4S/c1-25-20(24)17-12-22(9-10-27-17)19(23)14-7-8-16-15(11-14)18(26-21-16)13-5-3-2-4-6-13/h2-8,11,17H,9-10,12H2,1H3/t17-/m1/s1. The van der Waals surface area contributed by atoms with Crippen molar-refractivity contribution in [2.24, 2.45) is 0 Å². The summed E-state index contributed by atoms with van der Waals surface area (Å²) in [5, 5.41) is 4.54. The second-order valence-corrected chi connectivity index (χ2v) is 7.55. The van der Waals surface area contributed by atoms with E-state index in [0.29, 0.717) is 35.7 Å². The molecule has 27 heavy (non-hydrogen) atoms. The van der Waals surface area contributed by atoms with E-state index in [-0.39, 0.29) is 17.1 Å². The molecule has 2 heterocycles. The Kier molecular flexibility index (Phi) is 4.85. The maximum absolute atomic E-state index is 13.0. The number of hydrogen-bond donors (Lipinski definition) is 0. The first-order valence-electron chi connectivity index (χ1n) is 8.61. The van der Waals surface area contributed by atoms with E-state index in [9.17, 15) is 9.59 Å². The van der Waals surface area contributed by atoms with Crippen molar-refractivity contribution in [2.75, 3.05) is 26.0 Å². The molecule has 1 fully saturated rings. The number of carbonyl (C=O) groups excluding carboxylic acids is 2. The topological polar surface area (TPSA) is 72.6 Å². The normalized spacial score (nSPS) is 17.1. The number of methoxy groups -OCH3 is 1. The Labute approximate surface area is 160 Å². The minimum absolute atomic E-state index is 0.105. The van der Waals surface area contributed by atoms with E-state index in [0.717, 1.165) is 10.9 Å². The van der Waals surface area contributed by atoms with Gasteiger partial charge in [-0.25, -0.2) is 0 Å². The molecule has 1 atom stereocenters. The quantitative estimate of drug-likeness (QED) is 0.648. The van der Waals surface area contributed by atoms with Gasteiger partial charge in [-0.1, -0.05) is 35.5 Å². The van der Waals surface area contributed by atoms with Gasteiger partial charge in [-0.3, -0.25) is 9.59 Å². The van der Waals surface area contributed by atoms with Crippen LogP contribution < -0.4 is 0 Å². The highest BCUT2D eigenvalue weighted by Crippen LogP contribution is 2.30. The number of ether oxygens (including phenoxy) is 1. The van der Waals surface area contributed by atoms with E-state index >= 15 is 0 Å². The average Bonchev–Trinajstić information content (AvgIpc) is 3.16. The highest BCUT2D eigenvalue weighted by molar-refractivity contribution is 8.00. The molecule has 6 nitrogen and oxygen atoms in total. The van der Waals surface area contributed by atoms with Gasteiger partial charge in [-0.15, -0.1) is 11.8 Å². The van der Waals surface area contributed by atoms with Crippen LogP contribution >= 0.6 is 11.8 Å². The lowest BCUT2D eigenvalue weighted by molar-refractivity contribution is -0.140. The summed E-state index contributed by atoms with van der Waals surface area (Å²) < 4.78 is 10.3. The fraction of sp³-hybridized carbons (Fsp3) is 0.250. The van der Waals surface area contributed by atoms with Gasteiger partial charge in [0.2, 0.25) is 0 Å². The molecule has 0 saturated carbocycles.